The van der Waals surface area contributed by atoms with Gasteiger partial charge in [-0.3, -0.25) is 0 Å². The number of hydrogen-bond donors (Lipinski definition) is 1. The molecule has 0 aromatic heterocycles. The summed E-state index contributed by atoms with van der Waals surface area (Å²) in [7, 11) is -1.79. The lowest BCUT2D eigenvalue weighted by atomic mass is 10.1. The van der Waals surface area contributed by atoms with Gasteiger partial charge in [0.15, 0.2) is 0 Å². The van der Waals surface area contributed by atoms with Crippen LogP contribution in [-0.4, -0.2) is 58.7 Å². The zero-order valence-corrected chi connectivity index (χ0v) is 17.2. The standard InChI is InChI=1S/C17H25ClN2O4S.ClH/c1-19-15-3-2-7-20(10-15)25(21,22)17-9-14(18)4-5-16(17)24-12-13-6-8-23-11-13;/h4-5,9,13,15,19H,2-3,6-8,10-12H2,1H3;1H. The van der Waals surface area contributed by atoms with Gasteiger partial charge in [0.1, 0.15) is 10.6 Å². The van der Waals surface area contributed by atoms with Crippen molar-refractivity contribution in [1.29, 1.82) is 0 Å². The Balaban J connectivity index is 0.00000243. The Hall–Kier alpha value is -0.570. The van der Waals surface area contributed by atoms with Crippen molar-refractivity contribution in [2.24, 2.45) is 5.92 Å². The number of ether oxygens (including phenoxy) is 2. The first-order valence-corrected chi connectivity index (χ1v) is 10.5. The Kier molecular flexibility index (Phi) is 8.00. The number of halogens is 2. The van der Waals surface area contributed by atoms with E-state index in [1.165, 1.54) is 10.4 Å². The van der Waals surface area contributed by atoms with Crippen LogP contribution in [0.15, 0.2) is 23.1 Å². The molecule has 0 spiro atoms. The van der Waals surface area contributed by atoms with E-state index in [0.29, 0.717) is 43.0 Å². The summed E-state index contributed by atoms with van der Waals surface area (Å²) in [6.45, 7) is 2.82. The molecule has 6 nitrogen and oxygen atoms in total. The fourth-order valence-electron chi connectivity index (χ4n) is 3.26. The first kappa shape index (κ1) is 21.7. The van der Waals surface area contributed by atoms with Crippen molar-refractivity contribution in [3.05, 3.63) is 23.2 Å². The van der Waals surface area contributed by atoms with Crippen LogP contribution in [-0.2, 0) is 14.8 Å². The van der Waals surface area contributed by atoms with Crippen LogP contribution in [0.3, 0.4) is 0 Å². The molecule has 1 N–H and O–H groups in total. The van der Waals surface area contributed by atoms with Crippen LogP contribution in [0.25, 0.3) is 0 Å². The van der Waals surface area contributed by atoms with E-state index in [2.05, 4.69) is 5.32 Å². The highest BCUT2D eigenvalue weighted by Crippen LogP contribution is 2.32. The van der Waals surface area contributed by atoms with Gasteiger partial charge in [0.05, 0.1) is 13.2 Å². The van der Waals surface area contributed by atoms with E-state index in [9.17, 15) is 8.42 Å². The molecule has 0 radical (unpaired) electrons. The number of nitrogens with one attached hydrogen (secondary N) is 1. The topological polar surface area (TPSA) is 67.9 Å². The highest BCUT2D eigenvalue weighted by atomic mass is 35.5. The average molecular weight is 425 g/mol. The highest BCUT2D eigenvalue weighted by Gasteiger charge is 2.32. The summed E-state index contributed by atoms with van der Waals surface area (Å²) in [4.78, 5) is 0.149. The van der Waals surface area contributed by atoms with E-state index >= 15 is 0 Å². The highest BCUT2D eigenvalue weighted by molar-refractivity contribution is 7.89. The van der Waals surface area contributed by atoms with Crippen LogP contribution in [0.4, 0.5) is 0 Å². The predicted molar refractivity (Wildman–Crippen MR) is 104 cm³/mol. The van der Waals surface area contributed by atoms with Crippen molar-refractivity contribution in [2.45, 2.75) is 30.2 Å². The Morgan fingerprint density at radius 2 is 2.19 bits per heavy atom. The summed E-state index contributed by atoms with van der Waals surface area (Å²) in [5.41, 5.74) is 0. The molecule has 26 heavy (non-hydrogen) atoms. The maximum atomic E-state index is 13.2. The molecule has 3 rings (SSSR count). The third kappa shape index (κ3) is 5.03. The van der Waals surface area contributed by atoms with Crippen molar-refractivity contribution in [3.8, 4) is 5.75 Å². The third-order valence-electron chi connectivity index (χ3n) is 4.81. The summed E-state index contributed by atoms with van der Waals surface area (Å²) in [5.74, 6) is 0.665. The Bertz CT molecular complexity index is 696. The van der Waals surface area contributed by atoms with Crippen LogP contribution >= 0.6 is 24.0 Å². The minimum absolute atomic E-state index is 0. The molecule has 148 valence electrons. The summed E-state index contributed by atoms with van der Waals surface area (Å²) in [5, 5.41) is 3.55. The molecule has 2 fully saturated rings. The molecule has 0 aliphatic carbocycles. The van der Waals surface area contributed by atoms with Crippen LogP contribution in [0.1, 0.15) is 19.3 Å². The lowest BCUT2D eigenvalue weighted by Gasteiger charge is -2.32. The Labute approximate surface area is 166 Å². The summed E-state index contributed by atoms with van der Waals surface area (Å²) in [6, 6.07) is 4.96. The van der Waals surface area contributed by atoms with Gasteiger partial charge < -0.3 is 14.8 Å². The van der Waals surface area contributed by atoms with E-state index in [1.807, 2.05) is 7.05 Å². The average Bonchev–Trinajstić information content (AvgIpc) is 3.14. The molecule has 0 bridgehead atoms. The molecule has 9 heteroatoms. The van der Waals surface area contributed by atoms with E-state index in [4.69, 9.17) is 21.1 Å². The summed E-state index contributed by atoms with van der Waals surface area (Å²) >= 11 is 6.07. The van der Waals surface area contributed by atoms with E-state index in [-0.39, 0.29) is 23.3 Å². The Morgan fingerprint density at radius 3 is 2.88 bits per heavy atom. The third-order valence-corrected chi connectivity index (χ3v) is 6.94. The number of benzene rings is 1. The maximum Gasteiger partial charge on any atom is 0.246 e. The second-order valence-corrected chi connectivity index (χ2v) is 8.97. The molecule has 1 aromatic carbocycles. The zero-order valence-electron chi connectivity index (χ0n) is 14.8. The van der Waals surface area contributed by atoms with Crippen LogP contribution in [0.5, 0.6) is 5.75 Å². The zero-order chi connectivity index (χ0) is 17.9. The van der Waals surface area contributed by atoms with Crippen LogP contribution < -0.4 is 10.1 Å². The second kappa shape index (κ2) is 9.57. The molecular weight excluding hydrogens is 399 g/mol. The molecule has 2 heterocycles. The fraction of sp³-hybridized carbons (Fsp3) is 0.647. The quantitative estimate of drug-likeness (QED) is 0.759. The van der Waals surface area contributed by atoms with Crippen LogP contribution in [0, 0.1) is 5.92 Å². The molecule has 2 unspecified atom stereocenters. The molecule has 1 aromatic rings. The SMILES string of the molecule is CNC1CCCN(S(=O)(=O)c2cc(Cl)ccc2OCC2CCOC2)C1.Cl. The van der Waals surface area contributed by atoms with Crippen molar-refractivity contribution in [3.63, 3.8) is 0 Å². The number of rotatable bonds is 6. The van der Waals surface area contributed by atoms with Gasteiger partial charge in [-0.05, 0) is 44.5 Å². The number of nitrogens with zero attached hydrogens (tertiary/aromatic N) is 1. The minimum atomic E-state index is -3.65. The smallest absolute Gasteiger partial charge is 0.246 e. The van der Waals surface area contributed by atoms with E-state index < -0.39 is 10.0 Å². The predicted octanol–water partition coefficient (Wildman–Crippen LogP) is 2.55. The van der Waals surface area contributed by atoms with Crippen molar-refractivity contribution >= 4 is 34.0 Å². The van der Waals surface area contributed by atoms with Crippen molar-refractivity contribution in [1.82, 2.24) is 9.62 Å². The largest absolute Gasteiger partial charge is 0.492 e. The van der Waals surface area contributed by atoms with E-state index in [0.717, 1.165) is 25.9 Å². The van der Waals surface area contributed by atoms with Crippen molar-refractivity contribution < 1.29 is 17.9 Å². The van der Waals surface area contributed by atoms with Gasteiger partial charge in [-0.1, -0.05) is 11.6 Å². The van der Waals surface area contributed by atoms with Gasteiger partial charge in [-0.2, -0.15) is 4.31 Å². The lowest BCUT2D eigenvalue weighted by molar-refractivity contribution is 0.166. The van der Waals surface area contributed by atoms with Gasteiger partial charge in [0.2, 0.25) is 10.0 Å². The normalized spacial score (nSPS) is 24.2. The molecule has 2 aliphatic rings. The van der Waals surface area contributed by atoms with Crippen molar-refractivity contribution in [2.75, 3.05) is 40.0 Å². The summed E-state index contributed by atoms with van der Waals surface area (Å²) < 4.78 is 39.0. The molecular formula is C17H26Cl2N2O4S. The lowest BCUT2D eigenvalue weighted by Crippen LogP contribution is -2.46. The van der Waals surface area contributed by atoms with E-state index in [1.54, 1.807) is 12.1 Å². The number of piperidine rings is 1. The molecule has 2 atom stereocenters. The molecule has 2 aliphatic heterocycles. The van der Waals surface area contributed by atoms with Gasteiger partial charge in [-0.15, -0.1) is 12.4 Å². The molecule has 2 saturated heterocycles. The first-order valence-electron chi connectivity index (χ1n) is 8.68. The second-order valence-electron chi connectivity index (χ2n) is 6.62. The minimum Gasteiger partial charge on any atom is -0.492 e. The monoisotopic (exact) mass is 424 g/mol. The molecule has 0 amide bonds. The number of hydrogen-bond acceptors (Lipinski definition) is 5. The van der Waals surface area contributed by atoms with Gasteiger partial charge in [-0.25, -0.2) is 8.42 Å². The number of likely N-dealkylation sites (N-methyl/N-ethyl adjacent to an activating group) is 1. The number of sulfonamides is 1. The first-order chi connectivity index (χ1) is 12.0. The summed E-state index contributed by atoms with van der Waals surface area (Å²) in [6.07, 6.45) is 2.75. The van der Waals surface area contributed by atoms with Crippen LogP contribution in [0.2, 0.25) is 5.02 Å². The molecule has 0 saturated carbocycles. The van der Waals surface area contributed by atoms with Gasteiger partial charge in [0, 0.05) is 36.7 Å². The Morgan fingerprint density at radius 1 is 1.38 bits per heavy atom. The maximum absolute atomic E-state index is 13.2. The fourth-order valence-corrected chi connectivity index (χ4v) is 5.18. The van der Waals surface area contributed by atoms with Gasteiger partial charge in [0.25, 0.3) is 0 Å². The van der Waals surface area contributed by atoms with Gasteiger partial charge >= 0.3 is 0 Å².